The molecule has 2 aromatic carbocycles. The summed E-state index contributed by atoms with van der Waals surface area (Å²) in [5.41, 5.74) is 3.60. The molecular weight excluding hydrogens is 338 g/mol. The van der Waals surface area contributed by atoms with Gasteiger partial charge in [-0.05, 0) is 24.0 Å². The molecule has 0 N–H and O–H groups in total. The second kappa shape index (κ2) is 7.39. The van der Waals surface area contributed by atoms with E-state index < -0.39 is 0 Å². The number of hydrogen-bond acceptors (Lipinski definition) is 4. The third kappa shape index (κ3) is 3.65. The van der Waals surface area contributed by atoms with Crippen molar-refractivity contribution < 1.29 is 14.3 Å². The molecule has 2 aliphatic rings. The van der Waals surface area contributed by atoms with E-state index in [1.807, 2.05) is 60.4 Å². The monoisotopic (exact) mass is 361 g/mol. The average molecular weight is 361 g/mol. The molecule has 0 spiro atoms. The number of carbonyl (C=O) groups excluding carboxylic acids is 2. The molecular formula is C23H23NO3. The van der Waals surface area contributed by atoms with E-state index in [1.165, 1.54) is 0 Å². The Kier molecular flexibility index (Phi) is 4.80. The molecule has 1 saturated heterocycles. The van der Waals surface area contributed by atoms with Crippen molar-refractivity contribution in [2.75, 3.05) is 13.2 Å². The van der Waals surface area contributed by atoms with Gasteiger partial charge < -0.3 is 9.64 Å². The van der Waals surface area contributed by atoms with Crippen LogP contribution in [0.1, 0.15) is 35.4 Å². The van der Waals surface area contributed by atoms with Gasteiger partial charge in [0.1, 0.15) is 12.2 Å². The first-order chi connectivity index (χ1) is 13.1. The normalized spacial score (nSPS) is 20.2. The number of ether oxygens (including phenoxy) is 1. The molecule has 1 heterocycles. The van der Waals surface area contributed by atoms with Gasteiger partial charge in [0.25, 0.3) is 0 Å². The van der Waals surface area contributed by atoms with Crippen LogP contribution >= 0.6 is 0 Å². The van der Waals surface area contributed by atoms with Gasteiger partial charge in [-0.3, -0.25) is 9.59 Å². The molecule has 2 fully saturated rings. The number of rotatable bonds is 3. The van der Waals surface area contributed by atoms with Crippen LogP contribution < -0.4 is 0 Å². The fourth-order valence-electron chi connectivity index (χ4n) is 3.91. The highest BCUT2D eigenvalue weighted by Gasteiger charge is 2.37. The molecule has 1 aliphatic heterocycles. The molecule has 0 bridgehead atoms. The highest BCUT2D eigenvalue weighted by atomic mass is 16.5. The zero-order chi connectivity index (χ0) is 18.8. The molecule has 4 rings (SSSR count). The zero-order valence-corrected chi connectivity index (χ0v) is 15.5. The van der Waals surface area contributed by atoms with Gasteiger partial charge >= 0.3 is 0 Å². The van der Waals surface area contributed by atoms with Crippen LogP contribution in [0.4, 0.5) is 0 Å². The number of Topliss-reactive ketones (excluding diaryl/α,β-unsaturated/α-hetero) is 2. The highest BCUT2D eigenvalue weighted by molar-refractivity contribution is 6.22. The minimum absolute atomic E-state index is 0.0433. The smallest absolute Gasteiger partial charge is 0.204 e. The number of benzene rings is 2. The summed E-state index contributed by atoms with van der Waals surface area (Å²) in [7, 11) is 0. The van der Waals surface area contributed by atoms with Gasteiger partial charge in [0.05, 0.1) is 6.54 Å². The Hall–Kier alpha value is -2.88. The van der Waals surface area contributed by atoms with Crippen molar-refractivity contribution in [3.63, 3.8) is 0 Å². The quantitative estimate of drug-likeness (QED) is 0.617. The van der Waals surface area contributed by atoms with Crippen molar-refractivity contribution in [1.82, 2.24) is 4.90 Å². The second-order valence-corrected chi connectivity index (χ2v) is 7.30. The minimum Gasteiger partial charge on any atom is -0.477 e. The minimum atomic E-state index is -0.104. The molecule has 0 aromatic heterocycles. The van der Waals surface area contributed by atoms with E-state index in [-0.39, 0.29) is 23.1 Å². The standard InChI is InChI=1S/C23H23NO3/c1-16-6-5-9-18(12-16)19-13-20(25)22(21(26)14-19)23-24(10-11-27-23)15-17-7-3-2-4-8-17/h2-9,12,19H,10-11,13-15H2,1H3. The molecule has 0 atom stereocenters. The van der Waals surface area contributed by atoms with Crippen molar-refractivity contribution in [3.05, 3.63) is 82.7 Å². The van der Waals surface area contributed by atoms with Crippen LogP contribution in [-0.4, -0.2) is 29.6 Å². The maximum Gasteiger partial charge on any atom is 0.204 e. The first-order valence-electron chi connectivity index (χ1n) is 9.40. The van der Waals surface area contributed by atoms with Crippen LogP contribution in [0.2, 0.25) is 0 Å². The molecule has 1 aliphatic carbocycles. The van der Waals surface area contributed by atoms with E-state index in [2.05, 4.69) is 6.07 Å². The number of nitrogens with zero attached hydrogens (tertiary/aromatic N) is 1. The fraction of sp³-hybridized carbons (Fsp3) is 0.304. The number of hydrogen-bond donors (Lipinski definition) is 0. The Balaban J connectivity index is 1.58. The van der Waals surface area contributed by atoms with E-state index in [0.29, 0.717) is 38.4 Å². The summed E-state index contributed by atoms with van der Waals surface area (Å²) >= 11 is 0. The number of aryl methyl sites for hydroxylation is 1. The van der Waals surface area contributed by atoms with E-state index in [0.717, 1.165) is 16.7 Å². The summed E-state index contributed by atoms with van der Waals surface area (Å²) in [6.45, 7) is 3.86. The topological polar surface area (TPSA) is 46.6 Å². The van der Waals surface area contributed by atoms with E-state index in [1.54, 1.807) is 0 Å². The predicted molar refractivity (Wildman–Crippen MR) is 103 cm³/mol. The van der Waals surface area contributed by atoms with Crippen LogP contribution in [-0.2, 0) is 20.9 Å². The maximum absolute atomic E-state index is 12.9. The van der Waals surface area contributed by atoms with Gasteiger partial charge in [-0.2, -0.15) is 0 Å². The van der Waals surface area contributed by atoms with Gasteiger partial charge in [0.2, 0.25) is 5.88 Å². The summed E-state index contributed by atoms with van der Waals surface area (Å²) in [5, 5.41) is 0. The summed E-state index contributed by atoms with van der Waals surface area (Å²) < 4.78 is 5.74. The van der Waals surface area contributed by atoms with Gasteiger partial charge in [0.15, 0.2) is 11.6 Å². The first kappa shape index (κ1) is 17.5. The van der Waals surface area contributed by atoms with Gasteiger partial charge in [-0.15, -0.1) is 0 Å². The van der Waals surface area contributed by atoms with E-state index in [9.17, 15) is 9.59 Å². The van der Waals surface area contributed by atoms with Crippen molar-refractivity contribution in [1.29, 1.82) is 0 Å². The van der Waals surface area contributed by atoms with Crippen molar-refractivity contribution in [3.8, 4) is 0 Å². The van der Waals surface area contributed by atoms with Crippen LogP contribution in [0.15, 0.2) is 66.1 Å². The second-order valence-electron chi connectivity index (χ2n) is 7.30. The summed E-state index contributed by atoms with van der Waals surface area (Å²) in [4.78, 5) is 27.8. The molecule has 1 saturated carbocycles. The third-order valence-corrected chi connectivity index (χ3v) is 5.25. The molecule has 0 radical (unpaired) electrons. The van der Waals surface area contributed by atoms with E-state index >= 15 is 0 Å². The average Bonchev–Trinajstić information content (AvgIpc) is 3.10. The SMILES string of the molecule is Cc1cccc(C2CC(=O)C(=C3OCCN3Cc3ccccc3)C(=O)C2)c1. The predicted octanol–water partition coefficient (Wildman–Crippen LogP) is 3.75. The van der Waals surface area contributed by atoms with Crippen LogP contribution in [0, 0.1) is 6.92 Å². The maximum atomic E-state index is 12.9. The number of ketones is 2. The first-order valence-corrected chi connectivity index (χ1v) is 9.40. The van der Waals surface area contributed by atoms with Crippen molar-refractivity contribution >= 4 is 11.6 Å². The van der Waals surface area contributed by atoms with E-state index in [4.69, 9.17) is 4.74 Å². The number of allylic oxidation sites excluding steroid dienone is 1. The van der Waals surface area contributed by atoms with Gasteiger partial charge in [-0.1, -0.05) is 60.2 Å². The van der Waals surface area contributed by atoms with Crippen LogP contribution in [0.3, 0.4) is 0 Å². The largest absolute Gasteiger partial charge is 0.477 e. The lowest BCUT2D eigenvalue weighted by Crippen LogP contribution is -2.30. The zero-order valence-electron chi connectivity index (χ0n) is 15.5. The Labute approximate surface area is 159 Å². The third-order valence-electron chi connectivity index (χ3n) is 5.25. The van der Waals surface area contributed by atoms with Crippen molar-refractivity contribution in [2.45, 2.75) is 32.2 Å². The highest BCUT2D eigenvalue weighted by Crippen LogP contribution is 2.35. The lowest BCUT2D eigenvalue weighted by molar-refractivity contribution is -0.125. The fourth-order valence-corrected chi connectivity index (χ4v) is 3.91. The van der Waals surface area contributed by atoms with Gasteiger partial charge in [-0.25, -0.2) is 0 Å². The lowest BCUT2D eigenvalue weighted by atomic mass is 9.79. The summed E-state index contributed by atoms with van der Waals surface area (Å²) in [6.07, 6.45) is 0.715. The summed E-state index contributed by atoms with van der Waals surface area (Å²) in [5.74, 6) is 0.218. The van der Waals surface area contributed by atoms with Crippen LogP contribution in [0.25, 0.3) is 0 Å². The number of carbonyl (C=O) groups is 2. The Bertz CT molecular complexity index is 881. The molecule has 2 aromatic rings. The molecule has 4 heteroatoms. The van der Waals surface area contributed by atoms with Crippen molar-refractivity contribution in [2.24, 2.45) is 0 Å². The molecule has 0 amide bonds. The molecule has 138 valence electrons. The Morgan fingerprint density at radius 2 is 1.74 bits per heavy atom. The lowest BCUT2D eigenvalue weighted by Gasteiger charge is -2.26. The molecule has 27 heavy (non-hydrogen) atoms. The summed E-state index contributed by atoms with van der Waals surface area (Å²) in [6, 6.07) is 18.1. The van der Waals surface area contributed by atoms with Gasteiger partial charge in [0, 0.05) is 19.4 Å². The van der Waals surface area contributed by atoms with Crippen LogP contribution in [0.5, 0.6) is 0 Å². The Morgan fingerprint density at radius 1 is 1.00 bits per heavy atom. The molecule has 0 unspecified atom stereocenters. The Morgan fingerprint density at radius 3 is 2.44 bits per heavy atom. The molecule has 4 nitrogen and oxygen atoms in total.